The number of hydrogen-bond acceptors (Lipinski definition) is 1. The summed E-state index contributed by atoms with van der Waals surface area (Å²) in [6, 6.07) is 6.17. The van der Waals surface area contributed by atoms with Gasteiger partial charge in [-0.15, -0.1) is 0 Å². The Kier molecular flexibility index (Phi) is 3.64. The number of benzene rings is 1. The minimum Gasteiger partial charge on any atom is -0.312 e. The van der Waals surface area contributed by atoms with Crippen LogP contribution in [0, 0.1) is 0 Å². The van der Waals surface area contributed by atoms with Crippen LogP contribution in [0.3, 0.4) is 0 Å². The zero-order valence-corrected chi connectivity index (χ0v) is 11.1. The molecular weight excluding hydrogens is 266 g/mol. The third-order valence-corrected chi connectivity index (χ3v) is 3.53. The lowest BCUT2D eigenvalue weighted by Gasteiger charge is -2.28. The first kappa shape index (κ1) is 11.6. The molecule has 1 aromatic carbocycles. The molecule has 0 atom stereocenters. The average Bonchev–Trinajstić information content (AvgIpc) is 2.30. The quantitative estimate of drug-likeness (QED) is 0.812. The summed E-state index contributed by atoms with van der Waals surface area (Å²) in [5.41, 5.74) is 2.33. The predicted molar refractivity (Wildman–Crippen MR) is 69.7 cm³/mol. The van der Waals surface area contributed by atoms with Gasteiger partial charge in [0, 0.05) is 23.1 Å². The molecule has 16 heavy (non-hydrogen) atoms. The van der Waals surface area contributed by atoms with E-state index in [1.165, 1.54) is 5.56 Å². The minimum atomic E-state index is 0.267. The number of anilines is 1. The van der Waals surface area contributed by atoms with E-state index in [1.54, 1.807) is 0 Å². The monoisotopic (exact) mass is 281 g/mol. The third-order valence-electron chi connectivity index (χ3n) is 3.04. The zero-order valence-electron chi connectivity index (χ0n) is 9.50. The summed E-state index contributed by atoms with van der Waals surface area (Å²) in [4.78, 5) is 13.8. The Morgan fingerprint density at radius 3 is 2.88 bits per heavy atom. The zero-order chi connectivity index (χ0) is 11.5. The Morgan fingerprint density at radius 2 is 2.19 bits per heavy atom. The van der Waals surface area contributed by atoms with E-state index < -0.39 is 0 Å². The van der Waals surface area contributed by atoms with Crippen molar-refractivity contribution in [1.82, 2.24) is 0 Å². The molecule has 0 N–H and O–H groups in total. The van der Waals surface area contributed by atoms with Crippen molar-refractivity contribution in [2.75, 3.05) is 11.4 Å². The molecule has 1 saturated heterocycles. The van der Waals surface area contributed by atoms with Crippen molar-refractivity contribution in [2.24, 2.45) is 0 Å². The number of piperidine rings is 1. The highest BCUT2D eigenvalue weighted by Crippen LogP contribution is 2.28. The molecule has 3 heteroatoms. The predicted octanol–water partition coefficient (Wildman–Crippen LogP) is 3.53. The van der Waals surface area contributed by atoms with Gasteiger partial charge in [-0.1, -0.05) is 22.9 Å². The summed E-state index contributed by atoms with van der Waals surface area (Å²) in [5, 5.41) is 0. The molecule has 2 rings (SSSR count). The molecule has 1 aliphatic rings. The molecule has 1 amide bonds. The molecule has 0 saturated carbocycles. The van der Waals surface area contributed by atoms with Gasteiger partial charge in [-0.2, -0.15) is 0 Å². The SMILES string of the molecule is CCc1cc(Br)ccc1N1CCCCC1=O. The molecule has 0 bridgehead atoms. The number of hydrogen-bond donors (Lipinski definition) is 0. The Morgan fingerprint density at radius 1 is 1.38 bits per heavy atom. The first-order valence-electron chi connectivity index (χ1n) is 5.81. The number of halogens is 1. The van der Waals surface area contributed by atoms with Crippen molar-refractivity contribution in [3.8, 4) is 0 Å². The van der Waals surface area contributed by atoms with Crippen molar-refractivity contribution >= 4 is 27.5 Å². The van der Waals surface area contributed by atoms with Crippen LogP contribution in [0.25, 0.3) is 0 Å². The highest BCUT2D eigenvalue weighted by Gasteiger charge is 2.21. The average molecular weight is 282 g/mol. The highest BCUT2D eigenvalue weighted by atomic mass is 79.9. The number of rotatable bonds is 2. The fourth-order valence-electron chi connectivity index (χ4n) is 2.16. The van der Waals surface area contributed by atoms with Gasteiger partial charge < -0.3 is 4.90 Å². The van der Waals surface area contributed by atoms with Crippen LogP contribution in [0.15, 0.2) is 22.7 Å². The van der Waals surface area contributed by atoms with Crippen LogP contribution in [0.2, 0.25) is 0 Å². The number of nitrogens with zero attached hydrogens (tertiary/aromatic N) is 1. The van der Waals surface area contributed by atoms with Crippen molar-refractivity contribution in [2.45, 2.75) is 32.6 Å². The summed E-state index contributed by atoms with van der Waals surface area (Å²) < 4.78 is 1.08. The van der Waals surface area contributed by atoms with Crippen molar-refractivity contribution < 1.29 is 4.79 Å². The van der Waals surface area contributed by atoms with Crippen LogP contribution in [0.1, 0.15) is 31.7 Å². The molecule has 1 fully saturated rings. The van der Waals surface area contributed by atoms with Gasteiger partial charge in [0.05, 0.1) is 0 Å². The molecule has 0 radical (unpaired) electrons. The first-order valence-corrected chi connectivity index (χ1v) is 6.60. The van der Waals surface area contributed by atoms with E-state index >= 15 is 0 Å². The number of aryl methyl sites for hydroxylation is 1. The van der Waals surface area contributed by atoms with Gasteiger partial charge in [-0.25, -0.2) is 0 Å². The minimum absolute atomic E-state index is 0.267. The Balaban J connectivity index is 2.34. The second-order valence-corrected chi connectivity index (χ2v) is 5.04. The van der Waals surface area contributed by atoms with E-state index in [2.05, 4.69) is 28.9 Å². The Labute approximate surface area is 105 Å². The van der Waals surface area contributed by atoms with Gasteiger partial charge >= 0.3 is 0 Å². The molecule has 0 aromatic heterocycles. The van der Waals surface area contributed by atoms with E-state index in [4.69, 9.17) is 0 Å². The summed E-state index contributed by atoms with van der Waals surface area (Å²) in [6.45, 7) is 2.99. The molecular formula is C13H16BrNO. The van der Waals surface area contributed by atoms with Crippen molar-refractivity contribution in [1.29, 1.82) is 0 Å². The van der Waals surface area contributed by atoms with Gasteiger partial charge in [0.2, 0.25) is 5.91 Å². The van der Waals surface area contributed by atoms with Gasteiger partial charge in [0.25, 0.3) is 0 Å². The third kappa shape index (κ3) is 2.29. The van der Waals surface area contributed by atoms with E-state index in [1.807, 2.05) is 17.0 Å². The summed E-state index contributed by atoms with van der Waals surface area (Å²) in [7, 11) is 0. The molecule has 1 heterocycles. The molecule has 0 unspecified atom stereocenters. The normalized spacial score (nSPS) is 16.6. The lowest BCUT2D eigenvalue weighted by Crippen LogP contribution is -2.35. The van der Waals surface area contributed by atoms with Gasteiger partial charge in [0.15, 0.2) is 0 Å². The van der Waals surface area contributed by atoms with Crippen LogP contribution in [-0.4, -0.2) is 12.5 Å². The van der Waals surface area contributed by atoms with Crippen molar-refractivity contribution in [3.63, 3.8) is 0 Å². The molecule has 1 aromatic rings. The fourth-order valence-corrected chi connectivity index (χ4v) is 2.57. The molecule has 1 aliphatic heterocycles. The number of carbonyl (C=O) groups is 1. The second-order valence-electron chi connectivity index (χ2n) is 4.13. The van der Waals surface area contributed by atoms with Crippen molar-refractivity contribution in [3.05, 3.63) is 28.2 Å². The Hall–Kier alpha value is -0.830. The molecule has 0 spiro atoms. The van der Waals surface area contributed by atoms with Crippen LogP contribution >= 0.6 is 15.9 Å². The molecule has 2 nitrogen and oxygen atoms in total. The maximum absolute atomic E-state index is 11.9. The highest BCUT2D eigenvalue weighted by molar-refractivity contribution is 9.10. The Bertz CT molecular complexity index is 403. The van der Waals surface area contributed by atoms with E-state index in [0.29, 0.717) is 6.42 Å². The summed E-state index contributed by atoms with van der Waals surface area (Å²) in [6.07, 6.45) is 3.80. The topological polar surface area (TPSA) is 20.3 Å². The molecule has 0 aliphatic carbocycles. The standard InChI is InChI=1S/C13H16BrNO/c1-2-10-9-11(14)6-7-12(10)15-8-4-3-5-13(15)16/h6-7,9H,2-5,8H2,1H3. The fraction of sp³-hybridized carbons (Fsp3) is 0.462. The smallest absolute Gasteiger partial charge is 0.226 e. The van der Waals surface area contributed by atoms with Gasteiger partial charge in [-0.05, 0) is 43.0 Å². The van der Waals surface area contributed by atoms with Crippen LogP contribution in [0.5, 0.6) is 0 Å². The number of carbonyl (C=O) groups excluding carboxylic acids is 1. The van der Waals surface area contributed by atoms with Gasteiger partial charge in [-0.3, -0.25) is 4.79 Å². The molecule has 86 valence electrons. The summed E-state index contributed by atoms with van der Waals surface area (Å²) >= 11 is 3.47. The second kappa shape index (κ2) is 5.00. The van der Waals surface area contributed by atoms with Crippen LogP contribution in [0.4, 0.5) is 5.69 Å². The summed E-state index contributed by atoms with van der Waals surface area (Å²) in [5.74, 6) is 0.267. The van der Waals surface area contributed by atoms with E-state index in [9.17, 15) is 4.79 Å². The lowest BCUT2D eigenvalue weighted by atomic mass is 10.1. The van der Waals surface area contributed by atoms with E-state index in [-0.39, 0.29) is 5.91 Å². The number of amides is 1. The van der Waals surface area contributed by atoms with Crippen LogP contribution in [-0.2, 0) is 11.2 Å². The van der Waals surface area contributed by atoms with Crippen LogP contribution < -0.4 is 4.90 Å². The maximum atomic E-state index is 11.9. The maximum Gasteiger partial charge on any atom is 0.226 e. The lowest BCUT2D eigenvalue weighted by molar-refractivity contribution is -0.119. The largest absolute Gasteiger partial charge is 0.312 e. The van der Waals surface area contributed by atoms with E-state index in [0.717, 1.165) is 36.0 Å². The first-order chi connectivity index (χ1) is 7.72. The van der Waals surface area contributed by atoms with Gasteiger partial charge in [0.1, 0.15) is 0 Å².